The summed E-state index contributed by atoms with van der Waals surface area (Å²) in [6.07, 6.45) is 16.0. The van der Waals surface area contributed by atoms with Crippen molar-refractivity contribution < 1.29 is 9.84 Å². The number of unbranched alkanes of at least 4 members (excludes halogenated alkanes) is 1. The Hall–Kier alpha value is -0.0800. The smallest absolute Gasteiger partial charge is 0.0576 e. The van der Waals surface area contributed by atoms with E-state index in [-0.39, 0.29) is 5.41 Å². The minimum Gasteiger partial charge on any atom is -0.396 e. The average Bonchev–Trinajstić information content (AvgIpc) is 3.00. The molecule has 2 nitrogen and oxygen atoms in total. The molecule has 2 fully saturated rings. The van der Waals surface area contributed by atoms with Gasteiger partial charge in [0, 0.05) is 13.2 Å². The van der Waals surface area contributed by atoms with Crippen molar-refractivity contribution in [1.29, 1.82) is 0 Å². The van der Waals surface area contributed by atoms with Gasteiger partial charge in [0.15, 0.2) is 0 Å². The highest BCUT2D eigenvalue weighted by molar-refractivity contribution is 4.85. The van der Waals surface area contributed by atoms with E-state index in [2.05, 4.69) is 6.92 Å². The Balaban J connectivity index is 1.67. The molecule has 1 aliphatic carbocycles. The Morgan fingerprint density at radius 1 is 1.10 bits per heavy atom. The van der Waals surface area contributed by atoms with Gasteiger partial charge in [-0.25, -0.2) is 0 Å². The van der Waals surface area contributed by atoms with Crippen molar-refractivity contribution in [3.63, 3.8) is 0 Å². The lowest BCUT2D eigenvalue weighted by atomic mass is 9.67. The van der Waals surface area contributed by atoms with Crippen LogP contribution in [0.3, 0.4) is 0 Å². The van der Waals surface area contributed by atoms with Gasteiger partial charge in [0.1, 0.15) is 0 Å². The largest absolute Gasteiger partial charge is 0.396 e. The lowest BCUT2D eigenvalue weighted by Gasteiger charge is -2.39. The van der Waals surface area contributed by atoms with Crippen LogP contribution in [0.25, 0.3) is 0 Å². The number of hydrogen-bond acceptors (Lipinski definition) is 2. The Morgan fingerprint density at radius 3 is 2.50 bits per heavy atom. The van der Waals surface area contributed by atoms with Crippen molar-refractivity contribution in [3.05, 3.63) is 0 Å². The number of ether oxygens (including phenoxy) is 1. The summed E-state index contributed by atoms with van der Waals surface area (Å²) < 4.78 is 5.71. The Morgan fingerprint density at radius 2 is 1.90 bits per heavy atom. The van der Waals surface area contributed by atoms with Crippen molar-refractivity contribution in [1.82, 2.24) is 0 Å². The van der Waals surface area contributed by atoms with Crippen molar-refractivity contribution in [3.8, 4) is 0 Å². The van der Waals surface area contributed by atoms with E-state index in [4.69, 9.17) is 4.74 Å². The van der Waals surface area contributed by atoms with Gasteiger partial charge in [-0.15, -0.1) is 0 Å². The maximum absolute atomic E-state index is 9.86. The summed E-state index contributed by atoms with van der Waals surface area (Å²) in [5, 5.41) is 9.86. The molecular weight excluding hydrogens is 248 g/mol. The summed E-state index contributed by atoms with van der Waals surface area (Å²) in [6.45, 7) is 3.65. The first kappa shape index (κ1) is 16.3. The first-order valence-electron chi connectivity index (χ1n) is 9.00. The molecule has 0 aromatic heterocycles. The zero-order valence-corrected chi connectivity index (χ0v) is 13.4. The van der Waals surface area contributed by atoms with Crippen molar-refractivity contribution in [2.24, 2.45) is 11.3 Å². The summed E-state index contributed by atoms with van der Waals surface area (Å²) in [4.78, 5) is 0. The highest BCUT2D eigenvalue weighted by Crippen LogP contribution is 2.43. The summed E-state index contributed by atoms with van der Waals surface area (Å²) in [6, 6.07) is 0. The number of aliphatic hydroxyl groups is 1. The molecule has 0 aromatic carbocycles. The average molecular weight is 282 g/mol. The van der Waals surface area contributed by atoms with Gasteiger partial charge in [-0.05, 0) is 62.7 Å². The van der Waals surface area contributed by atoms with E-state index in [1.165, 1.54) is 77.0 Å². The quantitative estimate of drug-likeness (QED) is 0.699. The fourth-order valence-electron chi connectivity index (χ4n) is 4.14. The zero-order valence-electron chi connectivity index (χ0n) is 13.4. The normalized spacial score (nSPS) is 34.5. The molecule has 1 heterocycles. The Bertz CT molecular complexity index is 250. The van der Waals surface area contributed by atoms with E-state index in [1.54, 1.807) is 0 Å². The van der Waals surface area contributed by atoms with Crippen LogP contribution in [0.2, 0.25) is 0 Å². The van der Waals surface area contributed by atoms with Gasteiger partial charge in [0.25, 0.3) is 0 Å². The maximum Gasteiger partial charge on any atom is 0.0576 e. The molecule has 2 rings (SSSR count). The minimum atomic E-state index is 0.251. The van der Waals surface area contributed by atoms with Crippen molar-refractivity contribution in [2.75, 3.05) is 13.2 Å². The standard InChI is InChI=1S/C18H34O2/c1-2-3-6-16-9-12-18(15-19,13-10-16)11-4-7-17-8-5-14-20-17/h16-17,19H,2-15H2,1H3. The zero-order chi connectivity index (χ0) is 14.3. The van der Waals surface area contributed by atoms with Gasteiger partial charge in [-0.1, -0.05) is 32.6 Å². The molecule has 1 saturated heterocycles. The molecule has 0 amide bonds. The van der Waals surface area contributed by atoms with Gasteiger partial charge in [-0.3, -0.25) is 0 Å². The van der Waals surface area contributed by atoms with E-state index >= 15 is 0 Å². The molecule has 2 heteroatoms. The highest BCUT2D eigenvalue weighted by Gasteiger charge is 2.34. The van der Waals surface area contributed by atoms with Crippen LogP contribution >= 0.6 is 0 Å². The Kier molecular flexibility index (Phi) is 6.83. The number of hydrogen-bond donors (Lipinski definition) is 1. The molecule has 1 saturated carbocycles. The molecule has 1 N–H and O–H groups in total. The summed E-state index contributed by atoms with van der Waals surface area (Å²) in [5.41, 5.74) is 0.251. The third-order valence-electron chi connectivity index (χ3n) is 5.72. The summed E-state index contributed by atoms with van der Waals surface area (Å²) >= 11 is 0. The molecule has 1 aliphatic heterocycles. The first-order valence-corrected chi connectivity index (χ1v) is 9.00. The van der Waals surface area contributed by atoms with E-state index < -0.39 is 0 Å². The second-order valence-electron chi connectivity index (χ2n) is 7.27. The van der Waals surface area contributed by atoms with Gasteiger partial charge in [0.05, 0.1) is 6.10 Å². The van der Waals surface area contributed by atoms with Crippen LogP contribution < -0.4 is 0 Å². The summed E-state index contributed by atoms with van der Waals surface area (Å²) in [5.74, 6) is 0.938. The van der Waals surface area contributed by atoms with Crippen LogP contribution in [-0.2, 0) is 4.74 Å². The Labute approximate surface area is 125 Å². The molecule has 0 spiro atoms. The molecule has 118 valence electrons. The lowest BCUT2D eigenvalue weighted by Crippen LogP contribution is -2.31. The molecular formula is C18H34O2. The molecule has 2 aliphatic rings. The van der Waals surface area contributed by atoms with Crippen molar-refractivity contribution >= 4 is 0 Å². The van der Waals surface area contributed by atoms with E-state index in [9.17, 15) is 5.11 Å². The first-order chi connectivity index (χ1) is 9.78. The fraction of sp³-hybridized carbons (Fsp3) is 1.00. The maximum atomic E-state index is 9.86. The van der Waals surface area contributed by atoms with E-state index in [0.717, 1.165) is 12.5 Å². The molecule has 0 bridgehead atoms. The lowest BCUT2D eigenvalue weighted by molar-refractivity contribution is 0.0440. The SMILES string of the molecule is CCCCC1CCC(CO)(CCCC2CCCO2)CC1. The molecule has 0 radical (unpaired) electrons. The van der Waals surface area contributed by atoms with Crippen LogP contribution in [-0.4, -0.2) is 24.4 Å². The predicted molar refractivity (Wildman–Crippen MR) is 83.8 cm³/mol. The fourth-order valence-corrected chi connectivity index (χ4v) is 4.14. The van der Waals surface area contributed by atoms with Gasteiger partial charge in [-0.2, -0.15) is 0 Å². The van der Waals surface area contributed by atoms with Crippen LogP contribution in [0.5, 0.6) is 0 Å². The number of aliphatic hydroxyl groups excluding tert-OH is 1. The van der Waals surface area contributed by atoms with Crippen LogP contribution in [0.15, 0.2) is 0 Å². The van der Waals surface area contributed by atoms with Crippen molar-refractivity contribution in [2.45, 2.75) is 90.1 Å². The highest BCUT2D eigenvalue weighted by atomic mass is 16.5. The topological polar surface area (TPSA) is 29.5 Å². The third-order valence-corrected chi connectivity index (χ3v) is 5.72. The monoisotopic (exact) mass is 282 g/mol. The molecule has 0 aromatic rings. The van der Waals surface area contributed by atoms with E-state index in [1.807, 2.05) is 0 Å². The molecule has 1 unspecified atom stereocenters. The second-order valence-corrected chi connectivity index (χ2v) is 7.27. The van der Waals surface area contributed by atoms with Crippen LogP contribution in [0, 0.1) is 11.3 Å². The van der Waals surface area contributed by atoms with Crippen LogP contribution in [0.4, 0.5) is 0 Å². The number of rotatable bonds is 8. The molecule has 20 heavy (non-hydrogen) atoms. The third kappa shape index (κ3) is 4.73. The minimum absolute atomic E-state index is 0.251. The van der Waals surface area contributed by atoms with Gasteiger partial charge < -0.3 is 9.84 Å². The molecule has 1 atom stereocenters. The summed E-state index contributed by atoms with van der Waals surface area (Å²) in [7, 11) is 0. The predicted octanol–water partition coefficient (Wildman–Crippen LogP) is 4.69. The second kappa shape index (κ2) is 8.38. The van der Waals surface area contributed by atoms with Gasteiger partial charge in [0.2, 0.25) is 0 Å². The van der Waals surface area contributed by atoms with Gasteiger partial charge >= 0.3 is 0 Å². The van der Waals surface area contributed by atoms with Crippen LogP contribution in [0.1, 0.15) is 84.0 Å². The van der Waals surface area contributed by atoms with E-state index in [0.29, 0.717) is 12.7 Å².